The quantitative estimate of drug-likeness (QED) is 0.763. The van der Waals surface area contributed by atoms with Gasteiger partial charge in [0.1, 0.15) is 17.5 Å². The lowest BCUT2D eigenvalue weighted by Crippen LogP contribution is -2.17. The van der Waals surface area contributed by atoms with E-state index in [2.05, 4.69) is 31.8 Å². The number of hydrogen-bond donors (Lipinski definition) is 0. The van der Waals surface area contributed by atoms with Gasteiger partial charge in [-0.2, -0.15) is 5.26 Å². The van der Waals surface area contributed by atoms with Gasteiger partial charge in [0.25, 0.3) is 0 Å². The van der Waals surface area contributed by atoms with Crippen LogP contribution in [-0.4, -0.2) is 11.1 Å². The van der Waals surface area contributed by atoms with Crippen LogP contribution >= 0.6 is 0 Å². The van der Waals surface area contributed by atoms with Gasteiger partial charge in [0.05, 0.1) is 6.10 Å². The van der Waals surface area contributed by atoms with Crippen LogP contribution in [0.15, 0.2) is 12.3 Å². The maximum absolute atomic E-state index is 9.09. The van der Waals surface area contributed by atoms with Gasteiger partial charge in [0.15, 0.2) is 0 Å². The van der Waals surface area contributed by atoms with Crippen LogP contribution in [-0.2, 0) is 5.41 Å². The van der Waals surface area contributed by atoms with Gasteiger partial charge in [-0.25, -0.2) is 4.98 Å². The molecule has 1 aromatic heterocycles. The number of rotatable bonds is 2. The Morgan fingerprint density at radius 1 is 1.44 bits per heavy atom. The van der Waals surface area contributed by atoms with Crippen molar-refractivity contribution >= 4 is 0 Å². The first-order valence-corrected chi connectivity index (χ1v) is 5.58. The molecule has 0 bridgehead atoms. The summed E-state index contributed by atoms with van der Waals surface area (Å²) in [4.78, 5) is 4.11. The number of pyridine rings is 1. The highest BCUT2D eigenvalue weighted by Crippen LogP contribution is 2.36. The lowest BCUT2D eigenvalue weighted by molar-refractivity contribution is 0.294. The third kappa shape index (κ3) is 2.16. The van der Waals surface area contributed by atoms with Gasteiger partial charge in [-0.05, 0) is 24.3 Å². The zero-order chi connectivity index (χ0) is 11.8. The highest BCUT2D eigenvalue weighted by Gasteiger charge is 2.29. The van der Waals surface area contributed by atoms with Crippen molar-refractivity contribution in [1.29, 1.82) is 5.26 Å². The second-order valence-corrected chi connectivity index (χ2v) is 5.21. The fourth-order valence-electron chi connectivity index (χ4n) is 1.72. The van der Waals surface area contributed by atoms with Gasteiger partial charge >= 0.3 is 0 Å². The normalized spacial score (nSPS) is 15.6. The molecule has 1 saturated carbocycles. The summed E-state index contributed by atoms with van der Waals surface area (Å²) in [5.74, 6) is 0.821. The molecule has 0 atom stereocenters. The van der Waals surface area contributed by atoms with E-state index in [-0.39, 0.29) is 5.41 Å². The number of hydrogen-bond acceptors (Lipinski definition) is 3. The summed E-state index contributed by atoms with van der Waals surface area (Å²) in [5.41, 5.74) is 1.28. The van der Waals surface area contributed by atoms with Gasteiger partial charge < -0.3 is 4.74 Å². The largest absolute Gasteiger partial charge is 0.490 e. The summed E-state index contributed by atoms with van der Waals surface area (Å²) in [6.07, 6.45) is 4.22. The monoisotopic (exact) mass is 216 g/mol. The van der Waals surface area contributed by atoms with E-state index in [1.165, 1.54) is 0 Å². The topological polar surface area (TPSA) is 45.9 Å². The molecule has 2 rings (SSSR count). The standard InChI is InChI=1S/C13H16N2O/c1-13(2,3)12-10(8-14)15-7-6-11(12)16-9-4-5-9/h6-7,9H,4-5H2,1-3H3. The van der Waals surface area contributed by atoms with Crippen LogP contribution in [0.5, 0.6) is 5.75 Å². The van der Waals surface area contributed by atoms with Crippen LogP contribution in [0.4, 0.5) is 0 Å². The Hall–Kier alpha value is -1.56. The van der Waals surface area contributed by atoms with Crippen molar-refractivity contribution in [3.05, 3.63) is 23.5 Å². The van der Waals surface area contributed by atoms with Crippen molar-refractivity contribution in [2.45, 2.75) is 45.1 Å². The van der Waals surface area contributed by atoms with Crippen molar-refractivity contribution < 1.29 is 4.74 Å². The number of ether oxygens (including phenoxy) is 1. The Labute approximate surface area is 96.1 Å². The molecule has 3 heteroatoms. The molecule has 0 amide bonds. The minimum atomic E-state index is -0.121. The van der Waals surface area contributed by atoms with E-state index in [9.17, 15) is 0 Å². The molecular formula is C13H16N2O. The van der Waals surface area contributed by atoms with Gasteiger partial charge in [-0.3, -0.25) is 0 Å². The van der Waals surface area contributed by atoms with Crippen molar-refractivity contribution in [2.75, 3.05) is 0 Å². The summed E-state index contributed by atoms with van der Waals surface area (Å²) in [6.45, 7) is 6.22. The molecule has 0 aromatic carbocycles. The molecule has 0 aliphatic heterocycles. The van der Waals surface area contributed by atoms with Crippen LogP contribution < -0.4 is 4.74 Å². The van der Waals surface area contributed by atoms with E-state index in [0.29, 0.717) is 11.8 Å². The maximum atomic E-state index is 9.09. The zero-order valence-electron chi connectivity index (χ0n) is 9.95. The molecule has 1 aliphatic carbocycles. The van der Waals surface area contributed by atoms with E-state index in [1.54, 1.807) is 6.20 Å². The number of nitrogens with zero attached hydrogens (tertiary/aromatic N) is 2. The summed E-state index contributed by atoms with van der Waals surface area (Å²) < 4.78 is 5.83. The SMILES string of the molecule is CC(C)(C)c1c(OC2CC2)ccnc1C#N. The molecule has 0 unspecified atom stereocenters. The molecule has 3 nitrogen and oxygen atoms in total. The minimum absolute atomic E-state index is 0.121. The first-order valence-electron chi connectivity index (χ1n) is 5.58. The predicted molar refractivity (Wildman–Crippen MR) is 61.3 cm³/mol. The van der Waals surface area contributed by atoms with Crippen LogP contribution in [0.1, 0.15) is 44.9 Å². The Bertz CT molecular complexity index is 436. The summed E-state index contributed by atoms with van der Waals surface area (Å²) in [7, 11) is 0. The Kier molecular flexibility index (Phi) is 2.59. The van der Waals surface area contributed by atoms with Crippen LogP contribution in [0.2, 0.25) is 0 Å². The molecule has 0 N–H and O–H groups in total. The Balaban J connectivity index is 2.46. The van der Waals surface area contributed by atoms with Gasteiger partial charge in [-0.1, -0.05) is 20.8 Å². The molecule has 1 aliphatic rings. The summed E-state index contributed by atoms with van der Waals surface area (Å²) >= 11 is 0. The molecule has 0 radical (unpaired) electrons. The van der Waals surface area contributed by atoms with Crippen LogP contribution in [0.3, 0.4) is 0 Å². The van der Waals surface area contributed by atoms with E-state index < -0.39 is 0 Å². The Morgan fingerprint density at radius 2 is 2.12 bits per heavy atom. The molecule has 1 aromatic rings. The fraction of sp³-hybridized carbons (Fsp3) is 0.538. The molecule has 1 heterocycles. The zero-order valence-corrected chi connectivity index (χ0v) is 9.95. The lowest BCUT2D eigenvalue weighted by atomic mass is 9.85. The highest BCUT2D eigenvalue weighted by atomic mass is 16.5. The minimum Gasteiger partial charge on any atom is -0.490 e. The second-order valence-electron chi connectivity index (χ2n) is 5.21. The van der Waals surface area contributed by atoms with E-state index in [4.69, 9.17) is 10.00 Å². The van der Waals surface area contributed by atoms with E-state index >= 15 is 0 Å². The average molecular weight is 216 g/mol. The van der Waals surface area contributed by atoms with Crippen molar-refractivity contribution in [3.8, 4) is 11.8 Å². The Morgan fingerprint density at radius 3 is 2.62 bits per heavy atom. The second kappa shape index (κ2) is 3.79. The third-order valence-corrected chi connectivity index (χ3v) is 2.59. The first-order chi connectivity index (χ1) is 7.52. The smallest absolute Gasteiger partial charge is 0.147 e. The molecule has 0 saturated heterocycles. The van der Waals surface area contributed by atoms with Crippen LogP contribution in [0, 0.1) is 11.3 Å². The fourth-order valence-corrected chi connectivity index (χ4v) is 1.72. The van der Waals surface area contributed by atoms with E-state index in [0.717, 1.165) is 24.2 Å². The average Bonchev–Trinajstić information content (AvgIpc) is 2.99. The number of nitriles is 1. The van der Waals surface area contributed by atoms with Gasteiger partial charge in [-0.15, -0.1) is 0 Å². The third-order valence-electron chi connectivity index (χ3n) is 2.59. The maximum Gasteiger partial charge on any atom is 0.147 e. The molecule has 1 fully saturated rings. The summed E-state index contributed by atoms with van der Waals surface area (Å²) in [6, 6.07) is 4.01. The predicted octanol–water partition coefficient (Wildman–Crippen LogP) is 2.79. The van der Waals surface area contributed by atoms with Crippen LogP contribution in [0.25, 0.3) is 0 Å². The highest BCUT2D eigenvalue weighted by molar-refractivity contribution is 5.46. The molecule has 84 valence electrons. The van der Waals surface area contributed by atoms with Crippen molar-refractivity contribution in [1.82, 2.24) is 4.98 Å². The number of aromatic nitrogens is 1. The van der Waals surface area contributed by atoms with Crippen molar-refractivity contribution in [2.24, 2.45) is 0 Å². The van der Waals surface area contributed by atoms with Gasteiger partial charge in [0.2, 0.25) is 0 Å². The van der Waals surface area contributed by atoms with E-state index in [1.807, 2.05) is 6.07 Å². The molecule has 16 heavy (non-hydrogen) atoms. The van der Waals surface area contributed by atoms with Crippen molar-refractivity contribution in [3.63, 3.8) is 0 Å². The van der Waals surface area contributed by atoms with Gasteiger partial charge in [0, 0.05) is 11.8 Å². The summed E-state index contributed by atoms with van der Waals surface area (Å²) in [5, 5.41) is 9.09. The molecule has 0 spiro atoms. The molecular weight excluding hydrogens is 200 g/mol. The lowest BCUT2D eigenvalue weighted by Gasteiger charge is -2.23. The first kappa shape index (κ1) is 10.9.